The molecule has 23 nitrogen and oxygen atoms in total. The molecule has 2 saturated carbocycles. The number of pyridine rings is 5. The van der Waals surface area contributed by atoms with Crippen LogP contribution in [0.1, 0.15) is 119 Å². The molecule has 8 aromatic rings. The van der Waals surface area contributed by atoms with Crippen molar-refractivity contribution in [2.45, 2.75) is 140 Å². The van der Waals surface area contributed by atoms with Crippen LogP contribution in [0.5, 0.6) is 23.5 Å². The van der Waals surface area contributed by atoms with E-state index in [9.17, 15) is 72.3 Å². The van der Waals surface area contributed by atoms with Crippen LogP contribution in [0.15, 0.2) is 190 Å². The van der Waals surface area contributed by atoms with Gasteiger partial charge in [-0.05, 0) is 160 Å². The zero-order valence-corrected chi connectivity index (χ0v) is 67.5. The average molecular weight is 1710 g/mol. The lowest BCUT2D eigenvalue weighted by atomic mass is 9.86. The molecule has 4 fully saturated rings. The number of rotatable bonds is 23. The van der Waals surface area contributed by atoms with Crippen molar-refractivity contribution >= 4 is 98.2 Å². The molecule has 650 valence electrons. The topological polar surface area (TPSA) is 291 Å². The van der Waals surface area contributed by atoms with E-state index in [1.54, 1.807) is 74.0 Å². The van der Waals surface area contributed by atoms with Crippen LogP contribution in [0.3, 0.4) is 0 Å². The summed E-state index contributed by atoms with van der Waals surface area (Å²) in [5, 5.41) is 13.8. The first kappa shape index (κ1) is 95.0. The molecule has 2 aliphatic heterocycles. The van der Waals surface area contributed by atoms with Crippen LogP contribution in [0.4, 0.5) is 76.7 Å². The molecule has 0 radical (unpaired) electrons. The van der Waals surface area contributed by atoms with Crippen molar-refractivity contribution < 1.29 is 105 Å². The Bertz CT molecular complexity index is 4900. The average Bonchev–Trinajstić information content (AvgIpc) is 0.860. The highest BCUT2D eigenvalue weighted by molar-refractivity contribution is 6.03. The van der Waals surface area contributed by atoms with Crippen molar-refractivity contribution in [3.63, 3.8) is 0 Å². The highest BCUT2D eigenvalue weighted by Crippen LogP contribution is 2.42. The number of oxazole rings is 1. The Morgan fingerprint density at radius 1 is 0.467 bits per heavy atom. The van der Waals surface area contributed by atoms with Crippen molar-refractivity contribution in [2.24, 2.45) is 23.7 Å². The van der Waals surface area contributed by atoms with Crippen LogP contribution >= 0.6 is 0 Å². The molecule has 12 rings (SSSR count). The number of halogens is 11. The van der Waals surface area contributed by atoms with Gasteiger partial charge in [0, 0.05) is 58.8 Å². The number of nitrogens with zero attached hydrogens (tertiary/aromatic N) is 6. The summed E-state index contributed by atoms with van der Waals surface area (Å²) >= 11 is 0. The van der Waals surface area contributed by atoms with Gasteiger partial charge in [0.2, 0.25) is 59.0 Å². The first-order valence-electron chi connectivity index (χ1n) is 38.6. The van der Waals surface area contributed by atoms with Crippen LogP contribution in [0.2, 0.25) is 0 Å². The number of carbonyl (C=O) groups is 5. The zero-order valence-electron chi connectivity index (χ0n) is 67.5. The molecule has 0 unspecified atom stereocenters. The van der Waals surface area contributed by atoms with Gasteiger partial charge in [0.15, 0.2) is 24.2 Å². The third-order valence-corrected chi connectivity index (χ3v) is 19.5. The predicted octanol–water partition coefficient (Wildman–Crippen LogP) is 20.2. The van der Waals surface area contributed by atoms with Crippen molar-refractivity contribution in [2.75, 3.05) is 61.1 Å². The van der Waals surface area contributed by atoms with Crippen LogP contribution in [0, 0.1) is 23.7 Å². The Labute approximate surface area is 697 Å². The zero-order chi connectivity index (χ0) is 88.9. The smallest absolute Gasteiger partial charge is 0.414 e. The van der Waals surface area contributed by atoms with Gasteiger partial charge >= 0.3 is 18.5 Å². The number of alkyl halides is 11. The summed E-state index contributed by atoms with van der Waals surface area (Å²) in [6.45, 7) is 21.3. The van der Waals surface area contributed by atoms with Gasteiger partial charge in [-0.3, -0.25) is 29.0 Å². The molecule has 5 amide bonds. The van der Waals surface area contributed by atoms with Crippen molar-refractivity contribution in [1.29, 1.82) is 0 Å². The van der Waals surface area contributed by atoms with Gasteiger partial charge in [-0.15, -0.1) is 0 Å². The fraction of sp³-hybridized carbons (Fsp3) is 0.352. The Kier molecular flexibility index (Phi) is 34.8. The SMILES string of the molecule is C=CC(=O)Nc1cc(/C=C/C2CCC(F)(F)CC2)c2ocnc2c1.C=CC(=O)Nc1cnc(OC)c(-c2ccc(C(C)C)cc2)c1.C=CC(=O)Nc1cnc(OC)c(/C=C/[C@@H]2CC[C@@H](C(F)(F)F)OC2)c1.C=CC(=O)Nc1cnc(OC)c(/C=C/[C@H]2CC[C@H](C(F)(F)F)OC2)c1.C=CC(=O)Nc1cnc2ccnc(OC3CCC(C(F)(F)F)CC3)c2c1. The number of hydrogen-bond acceptors (Lipinski definition) is 18. The number of benzene rings is 2. The maximum Gasteiger partial charge on any atom is 0.414 e. The Morgan fingerprint density at radius 3 is 1.34 bits per heavy atom. The minimum absolute atomic E-state index is 0.00329. The summed E-state index contributed by atoms with van der Waals surface area (Å²) in [6.07, 6.45) is 11.1. The molecule has 2 aliphatic carbocycles. The Hall–Kier alpha value is -12.5. The second kappa shape index (κ2) is 44.7. The predicted molar refractivity (Wildman–Crippen MR) is 443 cm³/mol. The van der Waals surface area contributed by atoms with Crippen molar-refractivity contribution in [3.8, 4) is 34.6 Å². The Morgan fingerprint density at radius 2 is 0.902 bits per heavy atom. The van der Waals surface area contributed by atoms with E-state index in [4.69, 9.17) is 32.8 Å². The van der Waals surface area contributed by atoms with E-state index in [-0.39, 0.29) is 105 Å². The number of amides is 5. The standard InChI is InChI=1S/C18H18F3N3O2.C18H18F2N2O2.C18H20N2O2.2C17H19F3N2O3/c1-2-16(25)24-12-9-14-15(23-10-12)7-8-22-17(14)26-13-5-3-11(4-6-13)18(19,20)21;1-2-16(23)22-14-9-13(17-15(10-14)21-11-24-17)4-3-12-5-7-18(19,20)8-6-12;1-5-17(21)20-15-10-16(18(22-4)19-11-15)14-8-6-13(7-9-14)12(2)3;2*1-3-15(23)22-13-8-12(16(24-2)21-9-13)6-4-11-5-7-14(25-10-11)17(18,19)20/h2,7-11,13H,1,3-6H2,(H,24,25);2-4,9-12H,1,5-8H2,(H,22,23);5-12H,1H2,2-4H3,(H,20,21);2*3-4,6,8-9,11,14H,1,5,7,10H2,2H3,(H,22,23)/b;4-3+;;2*6-4+/t;;;2*11-,14+/m...10/s1. The van der Waals surface area contributed by atoms with E-state index >= 15 is 0 Å². The summed E-state index contributed by atoms with van der Waals surface area (Å²) in [7, 11) is 4.49. The van der Waals surface area contributed by atoms with Crippen LogP contribution in [0.25, 0.3) is 51.4 Å². The van der Waals surface area contributed by atoms with Crippen molar-refractivity contribution in [1.82, 2.24) is 29.9 Å². The van der Waals surface area contributed by atoms with Crippen molar-refractivity contribution in [3.05, 3.63) is 208 Å². The molecule has 2 saturated heterocycles. The molecule has 2 aromatic carbocycles. The number of methoxy groups -OCH3 is 3. The van der Waals surface area contributed by atoms with E-state index in [1.807, 2.05) is 30.4 Å². The van der Waals surface area contributed by atoms with Crippen LogP contribution in [-0.4, -0.2) is 137 Å². The third kappa shape index (κ3) is 29.2. The summed E-state index contributed by atoms with van der Waals surface area (Å²) in [5.41, 5.74) is 9.45. The molecule has 34 heteroatoms. The lowest BCUT2D eigenvalue weighted by Gasteiger charge is -2.30. The van der Waals surface area contributed by atoms with E-state index in [0.29, 0.717) is 130 Å². The molecule has 5 N–H and O–H groups in total. The molecule has 4 atom stereocenters. The van der Waals surface area contributed by atoms with Gasteiger partial charge in [0.25, 0.3) is 0 Å². The quantitative estimate of drug-likeness (QED) is 0.0294. The molecule has 6 aromatic heterocycles. The monoisotopic (exact) mass is 1710 g/mol. The number of fused-ring (bicyclic) bond motifs is 2. The summed E-state index contributed by atoms with van der Waals surface area (Å²) in [4.78, 5) is 82.0. The maximum atomic E-state index is 13.2. The number of anilines is 5. The van der Waals surface area contributed by atoms with Gasteiger partial charge in [-0.1, -0.05) is 107 Å². The molecule has 4 aliphatic rings. The largest absolute Gasteiger partial charge is 0.481 e. The summed E-state index contributed by atoms with van der Waals surface area (Å²) in [6, 6.07) is 20.3. The highest BCUT2D eigenvalue weighted by atomic mass is 19.4. The number of aromatic nitrogens is 6. The lowest BCUT2D eigenvalue weighted by Crippen LogP contribution is -2.37. The van der Waals surface area contributed by atoms with Gasteiger partial charge in [0.05, 0.1) is 98.9 Å². The number of nitrogens with one attached hydrogen (secondary N) is 5. The maximum absolute atomic E-state index is 13.2. The van der Waals surface area contributed by atoms with Crippen LogP contribution < -0.4 is 45.5 Å². The molecule has 0 spiro atoms. The van der Waals surface area contributed by atoms with Crippen LogP contribution in [-0.2, 0) is 33.4 Å². The minimum Gasteiger partial charge on any atom is -0.481 e. The first-order chi connectivity index (χ1) is 58.0. The normalized spacial score (nSPS) is 18.5. The van der Waals surface area contributed by atoms with E-state index < -0.39 is 42.6 Å². The number of hydrogen-bond donors (Lipinski definition) is 5. The number of allylic oxidation sites excluding steroid dienone is 1. The number of carbonyl (C=O) groups excluding carboxylic acids is 5. The summed E-state index contributed by atoms with van der Waals surface area (Å²) < 4.78 is 177. The first-order valence-corrected chi connectivity index (χ1v) is 38.6. The Balaban J connectivity index is 0.000000190. The van der Waals surface area contributed by atoms with E-state index in [1.165, 1.54) is 63.1 Å². The molecule has 0 bridgehead atoms. The number of ether oxygens (including phenoxy) is 6. The second-order valence-electron chi connectivity index (χ2n) is 28.6. The van der Waals surface area contributed by atoms with E-state index in [0.717, 1.165) is 34.9 Å². The van der Waals surface area contributed by atoms with Gasteiger partial charge in [0.1, 0.15) is 11.6 Å². The second-order valence-corrected chi connectivity index (χ2v) is 28.6. The highest BCUT2D eigenvalue weighted by Gasteiger charge is 2.45. The molecule has 122 heavy (non-hydrogen) atoms. The van der Waals surface area contributed by atoms with Gasteiger partial charge in [-0.25, -0.2) is 33.7 Å². The van der Waals surface area contributed by atoms with E-state index in [2.05, 4.69) is 115 Å². The van der Waals surface area contributed by atoms with Gasteiger partial charge < -0.3 is 59.4 Å². The fourth-order valence-electron chi connectivity index (χ4n) is 12.9. The molecular weight excluding hydrogens is 1610 g/mol. The molecular formula is C88H94F11N11O12. The minimum atomic E-state index is -4.32. The fourth-order valence-corrected chi connectivity index (χ4v) is 12.9. The lowest BCUT2D eigenvalue weighted by molar-refractivity contribution is -0.233. The molecule has 8 heterocycles. The third-order valence-electron chi connectivity index (χ3n) is 19.5. The van der Waals surface area contributed by atoms with Gasteiger partial charge in [-0.2, -0.15) is 39.5 Å². The summed E-state index contributed by atoms with van der Waals surface area (Å²) in [5.74, 6) is -3.64.